The lowest BCUT2D eigenvalue weighted by Gasteiger charge is -2.45. The fourth-order valence-corrected chi connectivity index (χ4v) is 5.85. The van der Waals surface area contributed by atoms with Gasteiger partial charge in [0, 0.05) is 50.5 Å². The highest BCUT2D eigenvalue weighted by Crippen LogP contribution is 2.39. The molecule has 5 heterocycles. The number of nitrogens with zero attached hydrogens (tertiary/aromatic N) is 5. The number of fused-ring (bicyclic) bond motifs is 2. The molecule has 8 nitrogen and oxygen atoms in total. The van der Waals surface area contributed by atoms with E-state index < -0.39 is 5.54 Å². The fraction of sp³-hybridized carbons (Fsp3) is 0.462. The van der Waals surface area contributed by atoms with E-state index in [4.69, 9.17) is 4.74 Å². The van der Waals surface area contributed by atoms with Crippen LogP contribution in [0.5, 0.6) is 0 Å². The third-order valence-electron chi connectivity index (χ3n) is 7.85. The summed E-state index contributed by atoms with van der Waals surface area (Å²) in [5.41, 5.74) is 2.19. The van der Waals surface area contributed by atoms with Crippen molar-refractivity contribution in [2.75, 3.05) is 26.3 Å². The van der Waals surface area contributed by atoms with Gasteiger partial charge < -0.3 is 14.5 Å². The standard InChI is InChI=1S/C26H29N5O3/c32-23(29-13-8-19(9-14-29)24-28-27-22-7-3-4-12-30(22)24)17-26(10-15-34-16-11-26)31-18-20-5-1-2-6-21(20)25(31)33/h1-7,12,19H,8-11,13-18H2. The summed E-state index contributed by atoms with van der Waals surface area (Å²) in [6.07, 6.45) is 5.48. The van der Waals surface area contributed by atoms with Gasteiger partial charge in [0.25, 0.3) is 5.91 Å². The van der Waals surface area contributed by atoms with Crippen molar-refractivity contribution in [3.05, 3.63) is 65.6 Å². The van der Waals surface area contributed by atoms with Crippen LogP contribution < -0.4 is 0 Å². The zero-order valence-electron chi connectivity index (χ0n) is 19.2. The Hall–Kier alpha value is -3.26. The van der Waals surface area contributed by atoms with Crippen molar-refractivity contribution in [1.29, 1.82) is 0 Å². The molecule has 2 aromatic heterocycles. The fourth-order valence-electron chi connectivity index (χ4n) is 5.85. The third-order valence-corrected chi connectivity index (χ3v) is 7.85. The minimum atomic E-state index is -0.481. The molecule has 0 atom stereocenters. The highest BCUT2D eigenvalue weighted by Gasteiger charge is 2.46. The molecular formula is C26H29N5O3. The SMILES string of the molecule is O=C(CC1(N2Cc3ccccc3C2=O)CCOCC1)N1CCC(c2nnc3ccccn23)CC1. The summed E-state index contributed by atoms with van der Waals surface area (Å²) in [4.78, 5) is 30.7. The summed E-state index contributed by atoms with van der Waals surface area (Å²) in [6.45, 7) is 3.13. The molecule has 3 aliphatic rings. The lowest BCUT2D eigenvalue weighted by molar-refractivity contribution is -0.137. The van der Waals surface area contributed by atoms with Crippen molar-refractivity contribution < 1.29 is 14.3 Å². The number of likely N-dealkylation sites (tertiary alicyclic amines) is 1. The molecule has 0 bridgehead atoms. The third kappa shape index (κ3) is 3.57. The van der Waals surface area contributed by atoms with Gasteiger partial charge in [0.2, 0.25) is 5.91 Å². The summed E-state index contributed by atoms with van der Waals surface area (Å²) >= 11 is 0. The smallest absolute Gasteiger partial charge is 0.254 e. The molecular weight excluding hydrogens is 430 g/mol. The highest BCUT2D eigenvalue weighted by molar-refractivity contribution is 5.99. The maximum absolute atomic E-state index is 13.5. The molecule has 0 unspecified atom stereocenters. The number of carbonyl (C=O) groups excluding carboxylic acids is 2. The first-order valence-corrected chi connectivity index (χ1v) is 12.2. The first-order chi connectivity index (χ1) is 16.6. The maximum Gasteiger partial charge on any atom is 0.254 e. The van der Waals surface area contributed by atoms with Gasteiger partial charge in [-0.3, -0.25) is 14.0 Å². The van der Waals surface area contributed by atoms with Gasteiger partial charge in [0.1, 0.15) is 5.82 Å². The van der Waals surface area contributed by atoms with Crippen molar-refractivity contribution in [3.63, 3.8) is 0 Å². The molecule has 0 saturated carbocycles. The van der Waals surface area contributed by atoms with Crippen LogP contribution in [-0.4, -0.2) is 68.1 Å². The van der Waals surface area contributed by atoms with Crippen LogP contribution in [0.2, 0.25) is 0 Å². The Morgan fingerprint density at radius 1 is 1.03 bits per heavy atom. The predicted molar refractivity (Wildman–Crippen MR) is 125 cm³/mol. The van der Waals surface area contributed by atoms with Crippen LogP contribution in [0.15, 0.2) is 48.7 Å². The van der Waals surface area contributed by atoms with Crippen molar-refractivity contribution in [1.82, 2.24) is 24.4 Å². The Bertz CT molecular complexity index is 1220. The van der Waals surface area contributed by atoms with Crippen LogP contribution in [0.3, 0.4) is 0 Å². The number of amides is 2. The van der Waals surface area contributed by atoms with E-state index in [1.165, 1.54) is 0 Å². The predicted octanol–water partition coefficient (Wildman–Crippen LogP) is 3.03. The number of pyridine rings is 1. The molecule has 0 spiro atoms. The minimum Gasteiger partial charge on any atom is -0.381 e. The zero-order valence-corrected chi connectivity index (χ0v) is 19.2. The van der Waals surface area contributed by atoms with E-state index in [9.17, 15) is 9.59 Å². The van der Waals surface area contributed by atoms with Gasteiger partial charge in [-0.25, -0.2) is 0 Å². The monoisotopic (exact) mass is 459 g/mol. The van der Waals surface area contributed by atoms with Gasteiger partial charge in [-0.2, -0.15) is 0 Å². The summed E-state index contributed by atoms with van der Waals surface area (Å²) in [7, 11) is 0. The lowest BCUT2D eigenvalue weighted by atomic mass is 9.83. The van der Waals surface area contributed by atoms with Crippen LogP contribution in [0.4, 0.5) is 0 Å². The van der Waals surface area contributed by atoms with E-state index in [-0.39, 0.29) is 17.7 Å². The van der Waals surface area contributed by atoms with Crippen molar-refractivity contribution >= 4 is 17.5 Å². The second-order valence-electron chi connectivity index (χ2n) is 9.70. The van der Waals surface area contributed by atoms with Crippen LogP contribution in [-0.2, 0) is 16.1 Å². The Morgan fingerprint density at radius 2 is 1.79 bits per heavy atom. The maximum atomic E-state index is 13.5. The van der Waals surface area contributed by atoms with Gasteiger partial charge in [-0.15, -0.1) is 10.2 Å². The molecule has 2 saturated heterocycles. The quantitative estimate of drug-likeness (QED) is 0.599. The molecule has 0 aliphatic carbocycles. The van der Waals surface area contributed by atoms with Crippen molar-refractivity contribution in [2.24, 2.45) is 0 Å². The van der Waals surface area contributed by atoms with Crippen LogP contribution in [0.25, 0.3) is 5.65 Å². The van der Waals surface area contributed by atoms with Gasteiger partial charge in [0.15, 0.2) is 5.65 Å². The second kappa shape index (κ2) is 8.51. The normalized spacial score (nSPS) is 20.6. The summed E-state index contributed by atoms with van der Waals surface area (Å²) < 4.78 is 7.69. The first kappa shape index (κ1) is 21.3. The average Bonchev–Trinajstić information content (AvgIpc) is 3.47. The number of ether oxygens (including phenoxy) is 1. The Balaban J connectivity index is 1.16. The first-order valence-electron chi connectivity index (χ1n) is 12.2. The molecule has 6 rings (SSSR count). The Labute approximate surface area is 198 Å². The molecule has 3 aromatic rings. The molecule has 176 valence electrons. The molecule has 8 heteroatoms. The number of hydrogen-bond donors (Lipinski definition) is 0. The van der Waals surface area contributed by atoms with Crippen molar-refractivity contribution in [3.8, 4) is 0 Å². The summed E-state index contributed by atoms with van der Waals surface area (Å²) in [6, 6.07) is 13.7. The molecule has 3 aliphatic heterocycles. The Kier molecular flexibility index (Phi) is 5.32. The molecule has 0 N–H and O–H groups in total. The average molecular weight is 460 g/mol. The van der Waals surface area contributed by atoms with E-state index in [2.05, 4.69) is 14.6 Å². The topological polar surface area (TPSA) is 80.0 Å². The lowest BCUT2D eigenvalue weighted by Crippen LogP contribution is -2.55. The number of hydrogen-bond acceptors (Lipinski definition) is 5. The van der Waals surface area contributed by atoms with Gasteiger partial charge in [-0.05, 0) is 49.4 Å². The summed E-state index contributed by atoms with van der Waals surface area (Å²) in [5, 5.41) is 8.71. The van der Waals surface area contributed by atoms with E-state index in [0.29, 0.717) is 52.1 Å². The molecule has 34 heavy (non-hydrogen) atoms. The summed E-state index contributed by atoms with van der Waals surface area (Å²) in [5.74, 6) is 1.44. The number of rotatable bonds is 4. The van der Waals surface area contributed by atoms with E-state index in [1.807, 2.05) is 58.5 Å². The van der Waals surface area contributed by atoms with Gasteiger partial charge in [0.05, 0.1) is 12.0 Å². The van der Waals surface area contributed by atoms with Crippen LogP contribution in [0, 0.1) is 0 Å². The highest BCUT2D eigenvalue weighted by atomic mass is 16.5. The van der Waals surface area contributed by atoms with E-state index in [0.717, 1.165) is 35.4 Å². The molecule has 2 amide bonds. The van der Waals surface area contributed by atoms with E-state index >= 15 is 0 Å². The minimum absolute atomic E-state index is 0.0442. The van der Waals surface area contributed by atoms with Gasteiger partial charge in [-0.1, -0.05) is 24.3 Å². The molecule has 1 aromatic carbocycles. The number of carbonyl (C=O) groups is 2. The van der Waals surface area contributed by atoms with Gasteiger partial charge >= 0.3 is 0 Å². The Morgan fingerprint density at radius 3 is 2.59 bits per heavy atom. The molecule has 0 radical (unpaired) electrons. The van der Waals surface area contributed by atoms with Crippen LogP contribution in [0.1, 0.15) is 59.8 Å². The van der Waals surface area contributed by atoms with E-state index in [1.54, 1.807) is 0 Å². The largest absolute Gasteiger partial charge is 0.381 e. The molecule has 2 fully saturated rings. The number of piperidine rings is 1. The number of aromatic nitrogens is 3. The van der Waals surface area contributed by atoms with Crippen molar-refractivity contribution in [2.45, 2.75) is 50.1 Å². The second-order valence-corrected chi connectivity index (χ2v) is 9.70. The van der Waals surface area contributed by atoms with Crippen LogP contribution >= 0.6 is 0 Å². The number of benzene rings is 1. The zero-order chi connectivity index (χ0) is 23.1.